The summed E-state index contributed by atoms with van der Waals surface area (Å²) in [7, 11) is 0. The first kappa shape index (κ1) is 10.6. The number of allylic oxidation sites excluding steroid dienone is 1. The molecule has 2 heteroatoms. The number of piperidine rings is 3. The molecular formula is C15H17N2+. The van der Waals surface area contributed by atoms with Crippen LogP contribution in [0.2, 0.25) is 0 Å². The lowest BCUT2D eigenvalue weighted by atomic mass is 9.80. The molecule has 0 amide bonds. The van der Waals surface area contributed by atoms with Gasteiger partial charge in [0.1, 0.15) is 6.54 Å². The Morgan fingerprint density at radius 2 is 1.88 bits per heavy atom. The van der Waals surface area contributed by atoms with Crippen LogP contribution < -0.4 is 4.90 Å². The number of nitrogens with zero attached hydrogens (tertiary/aromatic N) is 1. The molecule has 1 aromatic carbocycles. The molecule has 3 aliphatic heterocycles. The normalized spacial score (nSPS) is 29.8. The number of hydrogen-bond acceptors (Lipinski definition) is 1. The molecule has 0 atom stereocenters. The fourth-order valence-corrected chi connectivity index (χ4v) is 3.18. The first-order chi connectivity index (χ1) is 8.38. The molecule has 0 aromatic heterocycles. The van der Waals surface area contributed by atoms with Crippen molar-refractivity contribution in [2.45, 2.75) is 12.8 Å². The predicted octanol–water partition coefficient (Wildman–Crippen LogP) is 1.27. The van der Waals surface area contributed by atoms with Crippen LogP contribution in [0, 0.1) is 17.2 Å². The van der Waals surface area contributed by atoms with Crippen molar-refractivity contribution in [3.05, 3.63) is 41.5 Å². The van der Waals surface area contributed by atoms with E-state index in [0.29, 0.717) is 5.92 Å². The van der Waals surface area contributed by atoms with Crippen molar-refractivity contribution in [2.75, 3.05) is 19.6 Å². The van der Waals surface area contributed by atoms with Crippen molar-refractivity contribution in [3.8, 4) is 6.07 Å². The summed E-state index contributed by atoms with van der Waals surface area (Å²) >= 11 is 0. The number of benzene rings is 1. The Morgan fingerprint density at radius 1 is 1.18 bits per heavy atom. The Morgan fingerprint density at radius 3 is 2.41 bits per heavy atom. The molecular weight excluding hydrogens is 208 g/mol. The van der Waals surface area contributed by atoms with E-state index in [1.165, 1.54) is 31.5 Å². The van der Waals surface area contributed by atoms with Gasteiger partial charge < -0.3 is 4.90 Å². The van der Waals surface area contributed by atoms with Crippen LogP contribution in [0.25, 0.3) is 5.57 Å². The average molecular weight is 225 g/mol. The molecule has 0 aliphatic carbocycles. The number of fused-ring (bicyclic) bond motifs is 3. The van der Waals surface area contributed by atoms with E-state index in [1.54, 1.807) is 4.90 Å². The second-order valence-corrected chi connectivity index (χ2v) is 5.08. The topological polar surface area (TPSA) is 28.2 Å². The van der Waals surface area contributed by atoms with Crippen LogP contribution in [0.5, 0.6) is 0 Å². The van der Waals surface area contributed by atoms with Crippen molar-refractivity contribution < 1.29 is 4.90 Å². The van der Waals surface area contributed by atoms with Gasteiger partial charge in [-0.05, 0) is 11.5 Å². The molecule has 0 saturated carbocycles. The SMILES string of the molecule is N#C/C(=C1\C[NH+]2CCC1CC2)c1ccccc1. The van der Waals surface area contributed by atoms with Gasteiger partial charge in [-0.15, -0.1) is 0 Å². The lowest BCUT2D eigenvalue weighted by molar-refractivity contribution is -0.908. The molecule has 3 fully saturated rings. The maximum atomic E-state index is 9.44. The van der Waals surface area contributed by atoms with E-state index in [4.69, 9.17) is 0 Å². The molecule has 2 nitrogen and oxygen atoms in total. The van der Waals surface area contributed by atoms with Crippen LogP contribution in [-0.2, 0) is 0 Å². The maximum Gasteiger partial charge on any atom is 0.101 e. The van der Waals surface area contributed by atoms with Gasteiger partial charge in [0.15, 0.2) is 0 Å². The molecule has 86 valence electrons. The van der Waals surface area contributed by atoms with Gasteiger partial charge in [0.25, 0.3) is 0 Å². The molecule has 3 heterocycles. The van der Waals surface area contributed by atoms with Gasteiger partial charge >= 0.3 is 0 Å². The van der Waals surface area contributed by atoms with Gasteiger partial charge in [-0.25, -0.2) is 0 Å². The molecule has 0 radical (unpaired) electrons. The zero-order chi connectivity index (χ0) is 11.7. The molecule has 4 rings (SSSR count). The van der Waals surface area contributed by atoms with E-state index in [1.807, 2.05) is 18.2 Å². The molecule has 0 unspecified atom stereocenters. The minimum Gasteiger partial charge on any atom is -0.331 e. The first-order valence-corrected chi connectivity index (χ1v) is 6.40. The third-order valence-corrected chi connectivity index (χ3v) is 4.12. The smallest absolute Gasteiger partial charge is 0.101 e. The van der Waals surface area contributed by atoms with Gasteiger partial charge in [-0.3, -0.25) is 0 Å². The monoisotopic (exact) mass is 225 g/mol. The Bertz CT molecular complexity index is 473. The first-order valence-electron chi connectivity index (χ1n) is 6.40. The summed E-state index contributed by atoms with van der Waals surface area (Å²) in [5.41, 5.74) is 3.44. The van der Waals surface area contributed by atoms with Crippen LogP contribution in [0.15, 0.2) is 35.9 Å². The number of nitriles is 1. The summed E-state index contributed by atoms with van der Waals surface area (Å²) in [5.74, 6) is 0.669. The van der Waals surface area contributed by atoms with E-state index >= 15 is 0 Å². The van der Waals surface area contributed by atoms with E-state index in [-0.39, 0.29) is 0 Å². The molecule has 2 bridgehead atoms. The number of hydrogen-bond donors (Lipinski definition) is 1. The third kappa shape index (κ3) is 1.87. The summed E-state index contributed by atoms with van der Waals surface area (Å²) in [6.07, 6.45) is 2.53. The highest BCUT2D eigenvalue weighted by Gasteiger charge is 2.34. The zero-order valence-corrected chi connectivity index (χ0v) is 9.95. The van der Waals surface area contributed by atoms with Gasteiger partial charge in [0.05, 0.1) is 24.7 Å². The Kier molecular flexibility index (Phi) is 2.70. The summed E-state index contributed by atoms with van der Waals surface area (Å²) in [5, 5.41) is 9.44. The van der Waals surface area contributed by atoms with Gasteiger partial charge in [-0.2, -0.15) is 5.26 Å². The molecule has 3 aliphatic rings. The minimum absolute atomic E-state index is 0.669. The largest absolute Gasteiger partial charge is 0.331 e. The Labute approximate surface area is 102 Å². The fraction of sp³-hybridized carbons (Fsp3) is 0.400. The lowest BCUT2D eigenvalue weighted by Crippen LogP contribution is -3.15. The summed E-state index contributed by atoms with van der Waals surface area (Å²) in [6.45, 7) is 3.67. The molecule has 3 saturated heterocycles. The predicted molar refractivity (Wildman–Crippen MR) is 67.3 cm³/mol. The molecule has 1 N–H and O–H groups in total. The summed E-state index contributed by atoms with van der Waals surface area (Å²) in [6, 6.07) is 12.6. The van der Waals surface area contributed by atoms with E-state index in [0.717, 1.165) is 17.7 Å². The average Bonchev–Trinajstić information content (AvgIpc) is 2.42. The van der Waals surface area contributed by atoms with Crippen LogP contribution in [0.1, 0.15) is 18.4 Å². The number of quaternary nitrogens is 1. The van der Waals surface area contributed by atoms with Crippen LogP contribution in [-0.4, -0.2) is 19.6 Å². The lowest BCUT2D eigenvalue weighted by Gasteiger charge is -2.38. The van der Waals surface area contributed by atoms with E-state index in [9.17, 15) is 5.26 Å². The van der Waals surface area contributed by atoms with Crippen molar-refractivity contribution in [2.24, 2.45) is 5.92 Å². The van der Waals surface area contributed by atoms with Gasteiger partial charge in [-0.1, -0.05) is 30.3 Å². The van der Waals surface area contributed by atoms with Crippen LogP contribution in [0.4, 0.5) is 0 Å². The quantitative estimate of drug-likeness (QED) is 0.716. The van der Waals surface area contributed by atoms with Gasteiger partial charge in [0, 0.05) is 18.4 Å². The van der Waals surface area contributed by atoms with Gasteiger partial charge in [0.2, 0.25) is 0 Å². The maximum absolute atomic E-state index is 9.44. The molecule has 1 aromatic rings. The van der Waals surface area contributed by atoms with Crippen LogP contribution in [0.3, 0.4) is 0 Å². The third-order valence-electron chi connectivity index (χ3n) is 4.12. The second kappa shape index (κ2) is 4.35. The number of rotatable bonds is 1. The fourth-order valence-electron chi connectivity index (χ4n) is 3.18. The highest BCUT2D eigenvalue weighted by molar-refractivity contribution is 5.79. The Hall–Kier alpha value is -1.59. The summed E-state index contributed by atoms with van der Waals surface area (Å²) < 4.78 is 0. The zero-order valence-electron chi connectivity index (χ0n) is 9.95. The van der Waals surface area contributed by atoms with Crippen molar-refractivity contribution >= 4 is 5.57 Å². The standard InChI is InChI=1S/C15H16N2/c16-10-14(12-4-2-1-3-5-12)15-11-17-8-6-13(15)7-9-17/h1-5,13H,6-9,11H2/p+1/b15-14-. The molecule has 0 spiro atoms. The highest BCUT2D eigenvalue weighted by Crippen LogP contribution is 2.30. The van der Waals surface area contributed by atoms with Crippen molar-refractivity contribution in [1.82, 2.24) is 0 Å². The Balaban J connectivity index is 2.03. The van der Waals surface area contributed by atoms with Crippen molar-refractivity contribution in [1.29, 1.82) is 5.26 Å². The molecule has 17 heavy (non-hydrogen) atoms. The van der Waals surface area contributed by atoms with E-state index < -0.39 is 0 Å². The second-order valence-electron chi connectivity index (χ2n) is 5.08. The van der Waals surface area contributed by atoms with Crippen molar-refractivity contribution in [3.63, 3.8) is 0 Å². The highest BCUT2D eigenvalue weighted by atomic mass is 15.1. The number of nitrogens with one attached hydrogen (secondary N) is 1. The van der Waals surface area contributed by atoms with E-state index in [2.05, 4.69) is 18.2 Å². The minimum atomic E-state index is 0.669. The summed E-state index contributed by atoms with van der Waals surface area (Å²) in [4.78, 5) is 1.66. The van der Waals surface area contributed by atoms with Crippen LogP contribution >= 0.6 is 0 Å².